The van der Waals surface area contributed by atoms with Gasteiger partial charge in [-0.25, -0.2) is 4.98 Å². The number of nitrogens with two attached hydrogens (primary N) is 1. The Labute approximate surface area is 146 Å². The average Bonchev–Trinajstić information content (AvgIpc) is 3.09. The van der Waals surface area contributed by atoms with Crippen LogP contribution in [0.2, 0.25) is 0 Å². The summed E-state index contributed by atoms with van der Waals surface area (Å²) in [5.41, 5.74) is 7.54. The lowest BCUT2D eigenvalue weighted by atomic mass is 9.98. The lowest BCUT2D eigenvalue weighted by Gasteiger charge is -2.18. The molecule has 1 saturated carbocycles. The number of carbonyl (C=O) groups is 1. The Hall–Kier alpha value is -1.92. The molecule has 2 aromatic rings. The highest BCUT2D eigenvalue weighted by molar-refractivity contribution is 5.94. The summed E-state index contributed by atoms with van der Waals surface area (Å²) >= 11 is 0. The zero-order valence-corrected chi connectivity index (χ0v) is 14.3. The lowest BCUT2D eigenvalue weighted by Crippen LogP contribution is -2.36. The fraction of sp³-hybridized carbons (Fsp3) is 0.471. The van der Waals surface area contributed by atoms with Crippen LogP contribution in [0.1, 0.15) is 28.8 Å². The second kappa shape index (κ2) is 6.18. The Morgan fingerprint density at radius 3 is 2.88 bits per heavy atom. The van der Waals surface area contributed by atoms with Crippen molar-refractivity contribution in [2.75, 3.05) is 13.1 Å². The lowest BCUT2D eigenvalue weighted by molar-refractivity contribution is 0.0777. The average molecular weight is 349 g/mol. The van der Waals surface area contributed by atoms with E-state index in [1.54, 1.807) is 11.1 Å². The Kier molecular flexibility index (Phi) is 4.36. The molecule has 2 N–H and O–H groups in total. The minimum atomic E-state index is -0.304. The van der Waals surface area contributed by atoms with E-state index in [-0.39, 0.29) is 35.5 Å². The van der Waals surface area contributed by atoms with Gasteiger partial charge in [-0.2, -0.15) is 0 Å². The van der Waals surface area contributed by atoms with Crippen molar-refractivity contribution in [1.82, 2.24) is 14.3 Å². The van der Waals surface area contributed by atoms with Crippen molar-refractivity contribution in [3.63, 3.8) is 0 Å². The van der Waals surface area contributed by atoms with Gasteiger partial charge >= 0.3 is 0 Å². The fourth-order valence-corrected chi connectivity index (χ4v) is 3.97. The molecule has 1 aliphatic heterocycles. The molecule has 0 radical (unpaired) electrons. The van der Waals surface area contributed by atoms with Crippen LogP contribution in [0.5, 0.6) is 0 Å². The first-order valence-electron chi connectivity index (χ1n) is 8.07. The number of aromatic nitrogens is 2. The predicted molar refractivity (Wildman–Crippen MR) is 93.5 cm³/mol. The molecule has 6 nitrogen and oxygen atoms in total. The summed E-state index contributed by atoms with van der Waals surface area (Å²) in [6, 6.07) is 3.84. The van der Waals surface area contributed by atoms with Gasteiger partial charge in [0.05, 0.1) is 0 Å². The van der Waals surface area contributed by atoms with Gasteiger partial charge in [-0.3, -0.25) is 14.0 Å². The maximum Gasteiger partial charge on any atom is 0.270 e. The van der Waals surface area contributed by atoms with Crippen molar-refractivity contribution in [3.8, 4) is 0 Å². The normalized spacial score (nSPS) is 25.6. The number of rotatable bonds is 1. The van der Waals surface area contributed by atoms with Gasteiger partial charge in [-0.15, -0.1) is 12.4 Å². The second-order valence-corrected chi connectivity index (χ2v) is 6.78. The summed E-state index contributed by atoms with van der Waals surface area (Å²) in [6.45, 7) is 3.30. The van der Waals surface area contributed by atoms with Crippen molar-refractivity contribution in [1.29, 1.82) is 0 Å². The monoisotopic (exact) mass is 348 g/mol. The van der Waals surface area contributed by atoms with Gasteiger partial charge < -0.3 is 10.6 Å². The third-order valence-corrected chi connectivity index (χ3v) is 5.30. The quantitative estimate of drug-likeness (QED) is 0.840. The summed E-state index contributed by atoms with van der Waals surface area (Å²) in [6.07, 6.45) is 5.19. The Bertz CT molecular complexity index is 850. The molecule has 0 aromatic carbocycles. The van der Waals surface area contributed by atoms with Crippen molar-refractivity contribution >= 4 is 24.0 Å². The third-order valence-electron chi connectivity index (χ3n) is 5.30. The van der Waals surface area contributed by atoms with Crippen LogP contribution < -0.4 is 11.3 Å². The van der Waals surface area contributed by atoms with E-state index in [4.69, 9.17) is 5.73 Å². The Morgan fingerprint density at radius 1 is 1.33 bits per heavy atom. The van der Waals surface area contributed by atoms with Crippen LogP contribution >= 0.6 is 12.4 Å². The van der Waals surface area contributed by atoms with Gasteiger partial charge in [0.25, 0.3) is 11.5 Å². The number of hydrogen-bond acceptors (Lipinski definition) is 4. The molecule has 7 heteroatoms. The number of halogens is 1. The summed E-state index contributed by atoms with van der Waals surface area (Å²) in [7, 11) is 0. The molecule has 1 saturated heterocycles. The molecule has 4 rings (SSSR count). The highest BCUT2D eigenvalue weighted by atomic mass is 35.5. The topological polar surface area (TPSA) is 80.7 Å². The van der Waals surface area contributed by atoms with Gasteiger partial charge in [-0.05, 0) is 49.3 Å². The molecule has 1 aliphatic carbocycles. The van der Waals surface area contributed by atoms with Gasteiger partial charge in [0.1, 0.15) is 11.2 Å². The molecular weight excluding hydrogens is 328 g/mol. The van der Waals surface area contributed by atoms with E-state index in [0.29, 0.717) is 30.6 Å². The van der Waals surface area contributed by atoms with E-state index in [1.807, 2.05) is 19.1 Å². The van der Waals surface area contributed by atoms with Crippen LogP contribution in [0.15, 0.2) is 29.3 Å². The zero-order valence-electron chi connectivity index (χ0n) is 13.5. The van der Waals surface area contributed by atoms with E-state index in [0.717, 1.165) is 18.4 Å². The van der Waals surface area contributed by atoms with Gasteiger partial charge in [0, 0.05) is 31.5 Å². The maximum absolute atomic E-state index is 12.7. The van der Waals surface area contributed by atoms with Crippen LogP contribution in [-0.2, 0) is 0 Å². The molecule has 3 atom stereocenters. The van der Waals surface area contributed by atoms with Crippen molar-refractivity contribution < 1.29 is 4.79 Å². The predicted octanol–water partition coefficient (Wildman–Crippen LogP) is 1.23. The van der Waals surface area contributed by atoms with E-state index in [9.17, 15) is 9.59 Å². The molecule has 0 bridgehead atoms. The number of carbonyl (C=O) groups excluding carboxylic acids is 1. The number of fused-ring (bicyclic) bond motifs is 2. The molecule has 3 unspecified atom stereocenters. The molecule has 3 heterocycles. The molecule has 2 aromatic heterocycles. The largest absolute Gasteiger partial charge is 0.338 e. The Morgan fingerprint density at radius 2 is 2.12 bits per heavy atom. The Balaban J connectivity index is 0.00000169. The minimum Gasteiger partial charge on any atom is -0.338 e. The first-order chi connectivity index (χ1) is 11.0. The molecule has 0 spiro atoms. The minimum absolute atomic E-state index is 0. The van der Waals surface area contributed by atoms with Gasteiger partial charge in [-0.1, -0.05) is 0 Å². The van der Waals surface area contributed by atoms with Crippen molar-refractivity contribution in [2.24, 2.45) is 17.6 Å². The number of likely N-dealkylation sites (tertiary alicyclic amines) is 1. The number of pyridine rings is 1. The van der Waals surface area contributed by atoms with Crippen LogP contribution in [0.4, 0.5) is 0 Å². The fourth-order valence-electron chi connectivity index (χ4n) is 3.97. The van der Waals surface area contributed by atoms with Crippen LogP contribution in [0.25, 0.3) is 5.65 Å². The molecule has 1 amide bonds. The van der Waals surface area contributed by atoms with Crippen molar-refractivity contribution in [2.45, 2.75) is 25.8 Å². The molecule has 24 heavy (non-hydrogen) atoms. The first kappa shape index (κ1) is 16.9. The standard InChI is InChI=1S/C17H20N4O2.ClH/c1-10-4-5-21-15(6-10)19-7-12(17(21)23)16(22)20-8-11-2-3-14(18)13(11)9-20;/h4-7,11,13-14H,2-3,8-9,18H2,1H3;1H. The summed E-state index contributed by atoms with van der Waals surface area (Å²) in [4.78, 5) is 31.4. The molecule has 2 fully saturated rings. The maximum atomic E-state index is 12.7. The highest BCUT2D eigenvalue weighted by Crippen LogP contribution is 2.37. The summed E-state index contributed by atoms with van der Waals surface area (Å²) in [5, 5.41) is 0. The van der Waals surface area contributed by atoms with Crippen LogP contribution in [0, 0.1) is 18.8 Å². The van der Waals surface area contributed by atoms with Gasteiger partial charge in [0.2, 0.25) is 0 Å². The van der Waals surface area contributed by atoms with Crippen molar-refractivity contribution in [3.05, 3.63) is 46.0 Å². The van der Waals surface area contributed by atoms with Crippen LogP contribution in [-0.4, -0.2) is 39.3 Å². The number of nitrogens with zero attached hydrogens (tertiary/aromatic N) is 3. The molecule has 128 valence electrons. The van der Waals surface area contributed by atoms with E-state index >= 15 is 0 Å². The van der Waals surface area contributed by atoms with Gasteiger partial charge in [0.15, 0.2) is 0 Å². The summed E-state index contributed by atoms with van der Waals surface area (Å²) < 4.78 is 1.43. The highest BCUT2D eigenvalue weighted by Gasteiger charge is 2.43. The molecular formula is C17H21ClN4O2. The smallest absolute Gasteiger partial charge is 0.270 e. The number of amides is 1. The zero-order chi connectivity index (χ0) is 16.1. The van der Waals surface area contributed by atoms with E-state index in [2.05, 4.69) is 4.98 Å². The molecule has 2 aliphatic rings. The SMILES string of the molecule is Cc1ccn2c(=O)c(C(=O)N3CC4CCC(N)C4C3)cnc2c1.Cl. The first-order valence-corrected chi connectivity index (χ1v) is 8.07. The third kappa shape index (κ3) is 2.59. The number of hydrogen-bond donors (Lipinski definition) is 1. The van der Waals surface area contributed by atoms with Crippen LogP contribution in [0.3, 0.4) is 0 Å². The van der Waals surface area contributed by atoms with E-state index in [1.165, 1.54) is 10.6 Å². The van der Waals surface area contributed by atoms with E-state index < -0.39 is 0 Å². The number of aryl methyl sites for hydroxylation is 1. The summed E-state index contributed by atoms with van der Waals surface area (Å²) in [5.74, 6) is 0.629. The second-order valence-electron chi connectivity index (χ2n) is 6.78.